The van der Waals surface area contributed by atoms with E-state index in [1.807, 2.05) is 6.92 Å². The van der Waals surface area contributed by atoms with Crippen LogP contribution in [0.5, 0.6) is 0 Å². The molecule has 0 saturated heterocycles. The van der Waals surface area contributed by atoms with Crippen LogP contribution < -0.4 is 5.32 Å². The molecule has 1 rings (SSSR count). The van der Waals surface area contributed by atoms with E-state index in [1.54, 1.807) is 6.07 Å². The molecule has 0 aliphatic carbocycles. The maximum atomic E-state index is 11.6. The molecule has 0 fully saturated rings. The molecule has 0 bridgehead atoms. The maximum absolute atomic E-state index is 11.6. The first-order chi connectivity index (χ1) is 7.15. The van der Waals surface area contributed by atoms with Crippen molar-refractivity contribution < 1.29 is 9.21 Å². The third-order valence-electron chi connectivity index (χ3n) is 2.28. The lowest BCUT2D eigenvalue weighted by Gasteiger charge is -2.10. The van der Waals surface area contributed by atoms with Gasteiger partial charge in [0.05, 0.1) is 6.26 Å². The van der Waals surface area contributed by atoms with Crippen LogP contribution in [0.4, 0.5) is 0 Å². The van der Waals surface area contributed by atoms with Crippen molar-refractivity contribution in [2.45, 2.75) is 20.3 Å². The minimum atomic E-state index is -0.126. The molecular weight excluding hydrogens is 258 g/mol. The number of hydrogen-bond acceptors (Lipinski definition) is 2. The van der Waals surface area contributed by atoms with Gasteiger partial charge in [0, 0.05) is 17.4 Å². The Labute approximate surface area is 98.4 Å². The Morgan fingerprint density at radius 3 is 2.93 bits per heavy atom. The van der Waals surface area contributed by atoms with Gasteiger partial charge in [-0.2, -0.15) is 0 Å². The van der Waals surface area contributed by atoms with E-state index in [0.717, 1.165) is 17.3 Å². The van der Waals surface area contributed by atoms with Gasteiger partial charge < -0.3 is 9.73 Å². The van der Waals surface area contributed by atoms with E-state index in [-0.39, 0.29) is 5.91 Å². The summed E-state index contributed by atoms with van der Waals surface area (Å²) in [6.07, 6.45) is 2.59. The Morgan fingerprint density at radius 1 is 1.67 bits per heavy atom. The molecule has 84 valence electrons. The van der Waals surface area contributed by atoms with Crippen molar-refractivity contribution in [3.8, 4) is 0 Å². The van der Waals surface area contributed by atoms with Crippen LogP contribution in [0.1, 0.15) is 29.5 Å². The highest BCUT2D eigenvalue weighted by atomic mass is 79.9. The summed E-state index contributed by atoms with van der Waals surface area (Å²) in [5.74, 6) is 0.767. The number of carbonyl (C=O) groups is 1. The number of nitrogens with one attached hydrogen (secondary N) is 1. The van der Waals surface area contributed by atoms with E-state index in [2.05, 4.69) is 28.2 Å². The standard InChI is InChI=1S/C11H16BrNO2/c1-8(3-5-12)7-13-11(14)10-9(2)4-6-15-10/h4,6,8H,3,5,7H2,1-2H3,(H,13,14). The van der Waals surface area contributed by atoms with E-state index >= 15 is 0 Å². The fourth-order valence-electron chi connectivity index (χ4n) is 1.24. The zero-order chi connectivity index (χ0) is 11.3. The Kier molecular flexibility index (Phi) is 4.88. The topological polar surface area (TPSA) is 42.2 Å². The van der Waals surface area contributed by atoms with Gasteiger partial charge in [0.1, 0.15) is 0 Å². The van der Waals surface area contributed by atoms with Crippen LogP contribution in [0.3, 0.4) is 0 Å². The summed E-state index contributed by atoms with van der Waals surface area (Å²) in [6.45, 7) is 4.65. The van der Waals surface area contributed by atoms with Crippen molar-refractivity contribution in [3.63, 3.8) is 0 Å². The molecular formula is C11H16BrNO2. The van der Waals surface area contributed by atoms with Gasteiger partial charge in [-0.25, -0.2) is 0 Å². The van der Waals surface area contributed by atoms with Crippen molar-refractivity contribution in [1.29, 1.82) is 0 Å². The predicted molar refractivity (Wildman–Crippen MR) is 63.4 cm³/mol. The highest BCUT2D eigenvalue weighted by Crippen LogP contribution is 2.09. The predicted octanol–water partition coefficient (Wildman–Crippen LogP) is 2.74. The molecule has 1 atom stereocenters. The highest BCUT2D eigenvalue weighted by Gasteiger charge is 2.12. The molecule has 1 aromatic heterocycles. The Morgan fingerprint density at radius 2 is 2.40 bits per heavy atom. The van der Waals surface area contributed by atoms with E-state index in [1.165, 1.54) is 6.26 Å². The first-order valence-corrected chi connectivity index (χ1v) is 6.15. The number of aryl methyl sites for hydroxylation is 1. The van der Waals surface area contributed by atoms with Crippen LogP contribution in [0.25, 0.3) is 0 Å². The molecule has 0 saturated carbocycles. The van der Waals surface area contributed by atoms with Crippen LogP contribution in [0.15, 0.2) is 16.7 Å². The molecule has 0 aliphatic rings. The molecule has 0 aliphatic heterocycles. The summed E-state index contributed by atoms with van der Waals surface area (Å²) in [5.41, 5.74) is 0.876. The minimum absolute atomic E-state index is 0.126. The lowest BCUT2D eigenvalue weighted by Crippen LogP contribution is -2.28. The first-order valence-electron chi connectivity index (χ1n) is 5.03. The summed E-state index contributed by atoms with van der Waals surface area (Å²) in [5, 5.41) is 3.82. The summed E-state index contributed by atoms with van der Waals surface area (Å²) < 4.78 is 5.10. The second kappa shape index (κ2) is 5.95. The molecule has 1 heterocycles. The van der Waals surface area contributed by atoms with Crippen molar-refractivity contribution in [1.82, 2.24) is 5.32 Å². The second-order valence-electron chi connectivity index (χ2n) is 3.73. The molecule has 0 radical (unpaired) electrons. The van der Waals surface area contributed by atoms with Crippen molar-refractivity contribution in [3.05, 3.63) is 23.7 Å². The molecule has 0 aromatic carbocycles. The van der Waals surface area contributed by atoms with Gasteiger partial charge in [-0.1, -0.05) is 22.9 Å². The maximum Gasteiger partial charge on any atom is 0.287 e. The molecule has 1 unspecified atom stereocenters. The first kappa shape index (κ1) is 12.3. The quantitative estimate of drug-likeness (QED) is 0.839. The Bertz CT molecular complexity index is 322. The smallest absolute Gasteiger partial charge is 0.287 e. The van der Waals surface area contributed by atoms with Crippen LogP contribution >= 0.6 is 15.9 Å². The summed E-state index contributed by atoms with van der Waals surface area (Å²) in [4.78, 5) is 11.6. The third kappa shape index (κ3) is 3.70. The monoisotopic (exact) mass is 273 g/mol. The zero-order valence-electron chi connectivity index (χ0n) is 9.05. The van der Waals surface area contributed by atoms with Gasteiger partial charge in [0.25, 0.3) is 5.91 Å². The average Bonchev–Trinajstić information content (AvgIpc) is 2.61. The third-order valence-corrected chi connectivity index (χ3v) is 2.74. The van der Waals surface area contributed by atoms with E-state index in [9.17, 15) is 4.79 Å². The number of carbonyl (C=O) groups excluding carboxylic acids is 1. The molecule has 1 N–H and O–H groups in total. The fourth-order valence-corrected chi connectivity index (χ4v) is 2.02. The van der Waals surface area contributed by atoms with Crippen molar-refractivity contribution in [2.24, 2.45) is 5.92 Å². The normalized spacial score (nSPS) is 12.5. The fraction of sp³-hybridized carbons (Fsp3) is 0.545. The molecule has 1 aromatic rings. The number of furan rings is 1. The van der Waals surface area contributed by atoms with Gasteiger partial charge in [-0.3, -0.25) is 4.79 Å². The summed E-state index contributed by atoms with van der Waals surface area (Å²) >= 11 is 3.38. The second-order valence-corrected chi connectivity index (χ2v) is 4.52. The lowest BCUT2D eigenvalue weighted by atomic mass is 10.1. The lowest BCUT2D eigenvalue weighted by molar-refractivity contribution is 0.0919. The highest BCUT2D eigenvalue weighted by molar-refractivity contribution is 9.09. The Balaban J connectivity index is 2.40. The van der Waals surface area contributed by atoms with Crippen molar-refractivity contribution in [2.75, 3.05) is 11.9 Å². The van der Waals surface area contributed by atoms with Gasteiger partial charge >= 0.3 is 0 Å². The van der Waals surface area contributed by atoms with Crippen LogP contribution in [-0.4, -0.2) is 17.8 Å². The van der Waals surface area contributed by atoms with Crippen molar-refractivity contribution >= 4 is 21.8 Å². The van der Waals surface area contributed by atoms with Gasteiger partial charge in [0.2, 0.25) is 0 Å². The Hall–Kier alpha value is -0.770. The minimum Gasteiger partial charge on any atom is -0.459 e. The number of amides is 1. The number of rotatable bonds is 5. The summed E-state index contributed by atoms with van der Waals surface area (Å²) in [6, 6.07) is 1.79. The van der Waals surface area contributed by atoms with Gasteiger partial charge in [0.15, 0.2) is 5.76 Å². The van der Waals surface area contributed by atoms with Gasteiger partial charge in [-0.15, -0.1) is 0 Å². The molecule has 15 heavy (non-hydrogen) atoms. The largest absolute Gasteiger partial charge is 0.459 e. The van der Waals surface area contributed by atoms with Gasteiger partial charge in [-0.05, 0) is 25.3 Å². The van der Waals surface area contributed by atoms with Crippen LogP contribution in [0, 0.1) is 12.8 Å². The van der Waals surface area contributed by atoms with E-state index < -0.39 is 0 Å². The van der Waals surface area contributed by atoms with Crippen LogP contribution in [0.2, 0.25) is 0 Å². The van der Waals surface area contributed by atoms with E-state index in [0.29, 0.717) is 18.2 Å². The average molecular weight is 274 g/mol. The number of halogens is 1. The van der Waals surface area contributed by atoms with Crippen LogP contribution in [-0.2, 0) is 0 Å². The number of hydrogen-bond donors (Lipinski definition) is 1. The summed E-state index contributed by atoms with van der Waals surface area (Å²) in [7, 11) is 0. The SMILES string of the molecule is Cc1ccoc1C(=O)NCC(C)CCBr. The molecule has 3 nitrogen and oxygen atoms in total. The molecule has 1 amide bonds. The van der Waals surface area contributed by atoms with E-state index in [4.69, 9.17) is 4.42 Å². The number of alkyl halides is 1. The zero-order valence-corrected chi connectivity index (χ0v) is 10.6. The molecule has 4 heteroatoms. The molecule has 0 spiro atoms.